The number of carbonyl (C=O) groups is 1. The van der Waals surface area contributed by atoms with E-state index < -0.39 is 5.82 Å². The fourth-order valence-corrected chi connectivity index (χ4v) is 1.33. The third-order valence-electron chi connectivity index (χ3n) is 1.83. The maximum Gasteiger partial charge on any atom is 0.319 e. The van der Waals surface area contributed by atoms with E-state index in [1.807, 2.05) is 0 Å². The summed E-state index contributed by atoms with van der Waals surface area (Å²) in [5.41, 5.74) is 6.12. The predicted molar refractivity (Wildman–Crippen MR) is 65.0 cm³/mol. The smallest absolute Gasteiger partial charge is 0.319 e. The van der Waals surface area contributed by atoms with Crippen molar-refractivity contribution in [1.29, 1.82) is 0 Å². The number of urea groups is 1. The topological polar surface area (TPSA) is 67.2 Å². The van der Waals surface area contributed by atoms with Gasteiger partial charge in [0.05, 0.1) is 5.69 Å². The largest absolute Gasteiger partial charge is 0.389 e. The van der Waals surface area contributed by atoms with Crippen LogP contribution in [0.5, 0.6) is 0 Å². The molecule has 0 aliphatic carbocycles. The molecule has 0 aliphatic rings. The number of nitrogens with one attached hydrogen (secondary N) is 2. The van der Waals surface area contributed by atoms with Gasteiger partial charge < -0.3 is 16.4 Å². The summed E-state index contributed by atoms with van der Waals surface area (Å²) < 4.78 is 12.9. The number of hydrogen-bond donors (Lipinski definition) is 3. The number of halogens is 1. The van der Waals surface area contributed by atoms with Gasteiger partial charge in [0.2, 0.25) is 0 Å². The van der Waals surface area contributed by atoms with Gasteiger partial charge in [-0.1, -0.05) is 12.2 Å². The van der Waals surface area contributed by atoms with Crippen LogP contribution in [0.15, 0.2) is 18.2 Å². The standard InChI is InChI=1S/C10H12FN3OS/c1-2-13-10(15)14-8-4-3-6(11)5-7(8)9(12)16/h3-5H,2H2,1H3,(H2,12,16)(H2,13,14,15). The number of benzene rings is 1. The van der Waals surface area contributed by atoms with Crippen LogP contribution >= 0.6 is 12.2 Å². The number of nitrogens with two attached hydrogens (primary N) is 1. The molecule has 2 amide bonds. The van der Waals surface area contributed by atoms with Gasteiger partial charge in [0.1, 0.15) is 10.8 Å². The van der Waals surface area contributed by atoms with E-state index in [9.17, 15) is 9.18 Å². The molecule has 1 rings (SSSR count). The molecule has 6 heteroatoms. The first-order valence-electron chi connectivity index (χ1n) is 4.68. The molecule has 0 aliphatic heterocycles. The Morgan fingerprint density at radius 1 is 1.56 bits per heavy atom. The van der Waals surface area contributed by atoms with Crippen molar-refractivity contribution in [2.75, 3.05) is 11.9 Å². The summed E-state index contributed by atoms with van der Waals surface area (Å²) in [4.78, 5) is 11.3. The fourth-order valence-electron chi connectivity index (χ4n) is 1.16. The summed E-state index contributed by atoms with van der Waals surface area (Å²) in [6.45, 7) is 2.29. The molecular weight excluding hydrogens is 229 g/mol. The lowest BCUT2D eigenvalue weighted by Gasteiger charge is -2.10. The molecule has 0 heterocycles. The zero-order chi connectivity index (χ0) is 12.1. The van der Waals surface area contributed by atoms with Crippen LogP contribution < -0.4 is 16.4 Å². The van der Waals surface area contributed by atoms with E-state index in [4.69, 9.17) is 18.0 Å². The Bertz CT molecular complexity index is 423. The van der Waals surface area contributed by atoms with Crippen molar-refractivity contribution >= 4 is 28.9 Å². The van der Waals surface area contributed by atoms with Crippen molar-refractivity contribution < 1.29 is 9.18 Å². The lowest BCUT2D eigenvalue weighted by molar-refractivity contribution is 0.252. The van der Waals surface area contributed by atoms with Crippen molar-refractivity contribution in [3.8, 4) is 0 Å². The molecule has 0 saturated heterocycles. The molecule has 0 spiro atoms. The maximum absolute atomic E-state index is 12.9. The van der Waals surface area contributed by atoms with E-state index in [0.717, 1.165) is 0 Å². The predicted octanol–water partition coefficient (Wildman–Crippen LogP) is 1.60. The first-order valence-corrected chi connectivity index (χ1v) is 5.09. The van der Waals surface area contributed by atoms with E-state index in [0.29, 0.717) is 17.8 Å². The molecule has 0 saturated carbocycles. The minimum atomic E-state index is -0.454. The van der Waals surface area contributed by atoms with E-state index >= 15 is 0 Å². The molecule has 1 aromatic carbocycles. The van der Waals surface area contributed by atoms with Gasteiger partial charge in [-0.3, -0.25) is 0 Å². The van der Waals surface area contributed by atoms with Crippen LogP contribution in [0.1, 0.15) is 12.5 Å². The maximum atomic E-state index is 12.9. The Morgan fingerprint density at radius 2 is 2.25 bits per heavy atom. The van der Waals surface area contributed by atoms with Crippen LogP contribution in [-0.2, 0) is 0 Å². The van der Waals surface area contributed by atoms with E-state index in [-0.39, 0.29) is 11.0 Å². The van der Waals surface area contributed by atoms with Gasteiger partial charge in [-0.25, -0.2) is 9.18 Å². The first-order chi connectivity index (χ1) is 7.54. The molecule has 0 unspecified atom stereocenters. The van der Waals surface area contributed by atoms with Gasteiger partial charge >= 0.3 is 6.03 Å². The van der Waals surface area contributed by atoms with Crippen LogP contribution in [0.25, 0.3) is 0 Å². The second-order valence-electron chi connectivity index (χ2n) is 3.04. The van der Waals surface area contributed by atoms with Gasteiger partial charge in [-0.15, -0.1) is 0 Å². The van der Waals surface area contributed by atoms with E-state index in [1.54, 1.807) is 6.92 Å². The zero-order valence-electron chi connectivity index (χ0n) is 8.71. The monoisotopic (exact) mass is 241 g/mol. The van der Waals surface area contributed by atoms with Gasteiger partial charge in [0.15, 0.2) is 0 Å². The number of rotatable bonds is 3. The minimum Gasteiger partial charge on any atom is -0.389 e. The molecule has 1 aromatic rings. The molecule has 4 N–H and O–H groups in total. The molecule has 0 radical (unpaired) electrons. The van der Waals surface area contributed by atoms with Crippen molar-refractivity contribution in [2.45, 2.75) is 6.92 Å². The lowest BCUT2D eigenvalue weighted by Crippen LogP contribution is -2.29. The SMILES string of the molecule is CCNC(=O)Nc1ccc(F)cc1C(N)=S. The Morgan fingerprint density at radius 3 is 2.81 bits per heavy atom. The molecule has 0 aromatic heterocycles. The van der Waals surface area contributed by atoms with Crippen molar-refractivity contribution in [1.82, 2.24) is 5.32 Å². The summed E-state index contributed by atoms with van der Waals surface area (Å²) in [5.74, 6) is -0.454. The van der Waals surface area contributed by atoms with Crippen LogP contribution in [0.3, 0.4) is 0 Å². The molecule has 0 fully saturated rings. The van der Waals surface area contributed by atoms with Gasteiger partial charge in [0, 0.05) is 12.1 Å². The molecule has 16 heavy (non-hydrogen) atoms. The highest BCUT2D eigenvalue weighted by Crippen LogP contribution is 2.16. The fraction of sp³-hybridized carbons (Fsp3) is 0.200. The summed E-state index contributed by atoms with van der Waals surface area (Å²) >= 11 is 4.77. The normalized spacial score (nSPS) is 9.62. The second-order valence-corrected chi connectivity index (χ2v) is 3.48. The molecule has 0 bridgehead atoms. The second kappa shape index (κ2) is 5.41. The van der Waals surface area contributed by atoms with Crippen LogP contribution in [0.2, 0.25) is 0 Å². The summed E-state index contributed by atoms with van der Waals surface area (Å²) in [6, 6.07) is 3.44. The Labute approximate surface area is 98.0 Å². The Hall–Kier alpha value is -1.69. The van der Waals surface area contributed by atoms with Gasteiger partial charge in [-0.05, 0) is 25.1 Å². The summed E-state index contributed by atoms with van der Waals surface area (Å²) in [7, 11) is 0. The highest BCUT2D eigenvalue weighted by molar-refractivity contribution is 7.80. The van der Waals surface area contributed by atoms with Crippen molar-refractivity contribution in [2.24, 2.45) is 5.73 Å². The minimum absolute atomic E-state index is 0.0336. The van der Waals surface area contributed by atoms with Gasteiger partial charge in [-0.2, -0.15) is 0 Å². The van der Waals surface area contributed by atoms with E-state index in [2.05, 4.69) is 10.6 Å². The lowest BCUT2D eigenvalue weighted by atomic mass is 10.1. The van der Waals surface area contributed by atoms with Gasteiger partial charge in [0.25, 0.3) is 0 Å². The van der Waals surface area contributed by atoms with E-state index in [1.165, 1.54) is 18.2 Å². The first kappa shape index (κ1) is 12.4. The number of carbonyl (C=O) groups excluding carboxylic acids is 1. The molecule has 4 nitrogen and oxygen atoms in total. The molecular formula is C10H12FN3OS. The quantitative estimate of drug-likeness (QED) is 0.704. The summed E-state index contributed by atoms with van der Waals surface area (Å²) in [6.07, 6.45) is 0. The zero-order valence-corrected chi connectivity index (χ0v) is 9.53. The van der Waals surface area contributed by atoms with Crippen molar-refractivity contribution in [3.63, 3.8) is 0 Å². The third-order valence-corrected chi connectivity index (χ3v) is 2.05. The third kappa shape index (κ3) is 3.16. The Balaban J connectivity index is 2.95. The number of hydrogen-bond acceptors (Lipinski definition) is 2. The molecule has 86 valence electrons. The van der Waals surface area contributed by atoms with Crippen LogP contribution in [-0.4, -0.2) is 17.6 Å². The average molecular weight is 241 g/mol. The summed E-state index contributed by atoms with van der Waals surface area (Å²) in [5, 5.41) is 5.08. The number of anilines is 1. The highest BCUT2D eigenvalue weighted by atomic mass is 32.1. The number of amides is 2. The average Bonchev–Trinajstić information content (AvgIpc) is 2.20. The number of thiocarbonyl (C=S) groups is 1. The Kier molecular flexibility index (Phi) is 4.19. The van der Waals surface area contributed by atoms with Crippen molar-refractivity contribution in [3.05, 3.63) is 29.6 Å². The van der Waals surface area contributed by atoms with Crippen LogP contribution in [0, 0.1) is 5.82 Å². The highest BCUT2D eigenvalue weighted by Gasteiger charge is 2.09. The molecule has 0 atom stereocenters. The van der Waals surface area contributed by atoms with Crippen LogP contribution in [0.4, 0.5) is 14.9 Å².